The van der Waals surface area contributed by atoms with Gasteiger partial charge in [-0.15, -0.1) is 0 Å². The number of nitrogens with zero attached hydrogens (tertiary/aromatic N) is 2. The average Bonchev–Trinajstić information content (AvgIpc) is 2.64. The van der Waals surface area contributed by atoms with Crippen LogP contribution in [0.2, 0.25) is 20.2 Å². The second-order valence-electron chi connectivity index (χ2n) is 3.81. The van der Waals surface area contributed by atoms with E-state index in [2.05, 4.69) is 6.07 Å². The molecule has 0 fully saturated rings. The maximum atomic E-state index is 9.25. The summed E-state index contributed by atoms with van der Waals surface area (Å²) in [6, 6.07) is 7.23. The lowest BCUT2D eigenvalue weighted by atomic mass is 10.1. The summed E-state index contributed by atoms with van der Waals surface area (Å²) in [6.07, 6.45) is 0. The van der Waals surface area contributed by atoms with Crippen LogP contribution in [0, 0.1) is 11.3 Å². The zero-order valence-corrected chi connectivity index (χ0v) is 12.9. The van der Waals surface area contributed by atoms with E-state index in [1.54, 1.807) is 22.8 Å². The molecule has 0 aliphatic heterocycles. The number of nitriles is 1. The fourth-order valence-electron chi connectivity index (χ4n) is 1.90. The second kappa shape index (κ2) is 5.64. The first-order valence-electron chi connectivity index (χ1n) is 5.44. The van der Waals surface area contributed by atoms with Gasteiger partial charge >= 0.3 is 0 Å². The number of rotatable bonds is 2. The maximum Gasteiger partial charge on any atom is 0.129 e. The van der Waals surface area contributed by atoms with Crippen molar-refractivity contribution in [3.63, 3.8) is 0 Å². The Kier molecular flexibility index (Phi) is 4.32. The minimum Gasteiger partial charge on any atom is -0.330 e. The van der Waals surface area contributed by atoms with Crippen LogP contribution in [0.5, 0.6) is 0 Å². The molecule has 2 rings (SSSR count). The third kappa shape index (κ3) is 2.44. The Hall–Kier alpha value is -0.850. The molecule has 2 aromatic rings. The maximum absolute atomic E-state index is 9.25. The molecule has 1 aromatic carbocycles. The molecule has 0 aliphatic carbocycles. The summed E-state index contributed by atoms with van der Waals surface area (Å²) in [5, 5.41) is 10.7. The van der Waals surface area contributed by atoms with Gasteiger partial charge in [0.15, 0.2) is 0 Å². The molecule has 0 saturated carbocycles. The van der Waals surface area contributed by atoms with Crippen molar-refractivity contribution in [2.24, 2.45) is 0 Å². The average molecular weight is 334 g/mol. The van der Waals surface area contributed by atoms with Crippen LogP contribution in [0.1, 0.15) is 12.5 Å². The van der Waals surface area contributed by atoms with E-state index in [0.717, 1.165) is 5.56 Å². The van der Waals surface area contributed by atoms with Gasteiger partial charge in [0, 0.05) is 12.1 Å². The van der Waals surface area contributed by atoms with Gasteiger partial charge < -0.3 is 4.57 Å². The standard InChI is InChI=1S/C13H8Cl4N2/c1-2-19-12(8(6-18)11(16)13(19)17)7-3-4-9(14)10(15)5-7/h3-5H,2H2,1H3. The zero-order valence-electron chi connectivity index (χ0n) is 9.85. The van der Waals surface area contributed by atoms with E-state index in [1.165, 1.54) is 0 Å². The van der Waals surface area contributed by atoms with Gasteiger partial charge in [-0.3, -0.25) is 0 Å². The fourth-order valence-corrected chi connectivity index (χ4v) is 2.73. The molecular formula is C13H8Cl4N2. The first-order chi connectivity index (χ1) is 9.01. The van der Waals surface area contributed by atoms with Crippen LogP contribution >= 0.6 is 46.4 Å². The van der Waals surface area contributed by atoms with Gasteiger partial charge in [-0.2, -0.15) is 5.26 Å². The molecule has 0 spiro atoms. The fraction of sp³-hybridized carbons (Fsp3) is 0.154. The van der Waals surface area contributed by atoms with Gasteiger partial charge in [0.2, 0.25) is 0 Å². The highest BCUT2D eigenvalue weighted by atomic mass is 35.5. The van der Waals surface area contributed by atoms with Crippen molar-refractivity contribution in [3.8, 4) is 17.3 Å². The van der Waals surface area contributed by atoms with Gasteiger partial charge in [0.05, 0.1) is 26.3 Å². The lowest BCUT2D eigenvalue weighted by molar-refractivity contribution is 0.777. The van der Waals surface area contributed by atoms with Crippen LogP contribution in [0.4, 0.5) is 0 Å². The van der Waals surface area contributed by atoms with Crippen LogP contribution in [0.3, 0.4) is 0 Å². The molecule has 0 bridgehead atoms. The highest BCUT2D eigenvalue weighted by molar-refractivity contribution is 6.43. The van der Waals surface area contributed by atoms with Crippen LogP contribution in [0.25, 0.3) is 11.3 Å². The van der Waals surface area contributed by atoms with E-state index in [1.807, 2.05) is 6.92 Å². The molecule has 0 amide bonds. The molecular weight excluding hydrogens is 326 g/mol. The Morgan fingerprint density at radius 2 is 1.84 bits per heavy atom. The predicted molar refractivity (Wildman–Crippen MR) is 80.3 cm³/mol. The van der Waals surface area contributed by atoms with Crippen LogP contribution in [0.15, 0.2) is 18.2 Å². The molecule has 0 saturated heterocycles. The van der Waals surface area contributed by atoms with Crippen molar-refractivity contribution in [2.75, 3.05) is 0 Å². The smallest absolute Gasteiger partial charge is 0.129 e. The van der Waals surface area contributed by atoms with Gasteiger partial charge in [-0.1, -0.05) is 52.5 Å². The van der Waals surface area contributed by atoms with Gasteiger partial charge in [0.1, 0.15) is 11.2 Å². The summed E-state index contributed by atoms with van der Waals surface area (Å²) in [6.45, 7) is 2.51. The summed E-state index contributed by atoms with van der Waals surface area (Å²) in [5.41, 5.74) is 1.74. The Balaban J connectivity index is 2.77. The van der Waals surface area contributed by atoms with Crippen LogP contribution in [-0.4, -0.2) is 4.57 Å². The van der Waals surface area contributed by atoms with E-state index in [0.29, 0.717) is 33.0 Å². The normalized spacial score (nSPS) is 10.5. The highest BCUT2D eigenvalue weighted by Crippen LogP contribution is 2.39. The largest absolute Gasteiger partial charge is 0.330 e. The van der Waals surface area contributed by atoms with Crippen molar-refractivity contribution in [3.05, 3.63) is 44.0 Å². The molecule has 0 radical (unpaired) electrons. The summed E-state index contributed by atoms with van der Waals surface area (Å²) in [4.78, 5) is 0. The number of hydrogen-bond acceptors (Lipinski definition) is 1. The highest BCUT2D eigenvalue weighted by Gasteiger charge is 2.21. The van der Waals surface area contributed by atoms with E-state index in [9.17, 15) is 5.26 Å². The van der Waals surface area contributed by atoms with Crippen molar-refractivity contribution in [2.45, 2.75) is 13.5 Å². The minimum absolute atomic E-state index is 0.257. The molecule has 0 atom stereocenters. The van der Waals surface area contributed by atoms with Crippen molar-refractivity contribution >= 4 is 46.4 Å². The molecule has 6 heteroatoms. The van der Waals surface area contributed by atoms with Crippen LogP contribution in [-0.2, 0) is 6.54 Å². The molecule has 98 valence electrons. The number of aromatic nitrogens is 1. The number of halogens is 4. The zero-order chi connectivity index (χ0) is 14.2. The quantitative estimate of drug-likeness (QED) is 0.697. The Morgan fingerprint density at radius 1 is 1.16 bits per heavy atom. The van der Waals surface area contributed by atoms with E-state index < -0.39 is 0 Å². The van der Waals surface area contributed by atoms with E-state index >= 15 is 0 Å². The number of benzene rings is 1. The lowest BCUT2D eigenvalue weighted by Gasteiger charge is -2.09. The Labute approximate surface area is 131 Å². The van der Waals surface area contributed by atoms with Gasteiger partial charge in [-0.25, -0.2) is 0 Å². The van der Waals surface area contributed by atoms with E-state index in [4.69, 9.17) is 46.4 Å². The molecule has 0 N–H and O–H groups in total. The molecule has 2 nitrogen and oxygen atoms in total. The van der Waals surface area contributed by atoms with Crippen molar-refractivity contribution in [1.82, 2.24) is 4.57 Å². The van der Waals surface area contributed by atoms with Gasteiger partial charge in [0.25, 0.3) is 0 Å². The monoisotopic (exact) mass is 332 g/mol. The second-order valence-corrected chi connectivity index (χ2v) is 5.36. The number of hydrogen-bond donors (Lipinski definition) is 0. The minimum atomic E-state index is 0.257. The third-order valence-electron chi connectivity index (χ3n) is 2.77. The first-order valence-corrected chi connectivity index (χ1v) is 6.95. The van der Waals surface area contributed by atoms with Gasteiger partial charge in [-0.05, 0) is 19.1 Å². The molecule has 1 aromatic heterocycles. The van der Waals surface area contributed by atoms with Crippen molar-refractivity contribution < 1.29 is 0 Å². The van der Waals surface area contributed by atoms with Crippen LogP contribution < -0.4 is 0 Å². The molecule has 0 unspecified atom stereocenters. The summed E-state index contributed by atoms with van der Waals surface area (Å²) < 4.78 is 1.77. The SMILES string of the molecule is CCn1c(Cl)c(Cl)c(C#N)c1-c1ccc(Cl)c(Cl)c1. The summed E-state index contributed by atoms with van der Waals surface area (Å²) >= 11 is 24.1. The topological polar surface area (TPSA) is 28.7 Å². The molecule has 19 heavy (non-hydrogen) atoms. The third-order valence-corrected chi connectivity index (χ3v) is 4.36. The predicted octanol–water partition coefficient (Wildman–Crippen LogP) is 5.66. The Bertz CT molecular complexity index is 683. The van der Waals surface area contributed by atoms with E-state index in [-0.39, 0.29) is 5.02 Å². The summed E-state index contributed by atoms with van der Waals surface area (Å²) in [7, 11) is 0. The molecule has 0 aliphatic rings. The first kappa shape index (κ1) is 14.6. The molecule has 1 heterocycles. The summed E-state index contributed by atoms with van der Waals surface area (Å²) in [5.74, 6) is 0. The van der Waals surface area contributed by atoms with Crippen molar-refractivity contribution in [1.29, 1.82) is 5.26 Å². The lowest BCUT2D eigenvalue weighted by Crippen LogP contribution is -1.97. The Morgan fingerprint density at radius 3 is 2.37 bits per heavy atom.